The lowest BCUT2D eigenvalue weighted by molar-refractivity contribution is 0.264. The van der Waals surface area contributed by atoms with Crippen molar-refractivity contribution in [3.63, 3.8) is 0 Å². The predicted molar refractivity (Wildman–Crippen MR) is 65.4 cm³/mol. The van der Waals surface area contributed by atoms with Crippen molar-refractivity contribution in [3.8, 4) is 5.75 Å². The number of phenols is 1. The van der Waals surface area contributed by atoms with Crippen molar-refractivity contribution < 1.29 is 10.2 Å². The van der Waals surface area contributed by atoms with Gasteiger partial charge in [-0.25, -0.2) is 0 Å². The highest BCUT2D eigenvalue weighted by Crippen LogP contribution is 2.37. The largest absolute Gasteiger partial charge is 0.507 e. The minimum absolute atomic E-state index is 0.0880. The van der Waals surface area contributed by atoms with Gasteiger partial charge in [-0.3, -0.25) is 0 Å². The molecule has 0 spiro atoms. The van der Waals surface area contributed by atoms with E-state index in [1.165, 1.54) is 0 Å². The first-order valence-corrected chi connectivity index (χ1v) is 5.62. The van der Waals surface area contributed by atoms with Gasteiger partial charge >= 0.3 is 0 Å². The van der Waals surface area contributed by atoms with Crippen LogP contribution < -0.4 is 5.73 Å². The van der Waals surface area contributed by atoms with Crippen molar-refractivity contribution in [2.45, 2.75) is 38.6 Å². The molecule has 3 nitrogen and oxygen atoms in total. The number of hydrogen-bond acceptors (Lipinski definition) is 3. The fraction of sp³-hybridized carbons (Fsp3) is 0.538. The first-order valence-electron chi connectivity index (χ1n) is 5.62. The second kappa shape index (κ2) is 4.85. The Labute approximate surface area is 96.9 Å². The van der Waals surface area contributed by atoms with E-state index in [0.29, 0.717) is 5.56 Å². The Morgan fingerprint density at radius 2 is 2.00 bits per heavy atom. The third-order valence-electron chi connectivity index (χ3n) is 3.28. The Morgan fingerprint density at radius 1 is 1.38 bits per heavy atom. The molecule has 0 radical (unpaired) electrons. The van der Waals surface area contributed by atoms with E-state index in [1.54, 1.807) is 6.07 Å². The summed E-state index contributed by atoms with van der Waals surface area (Å²) in [6.45, 7) is 6.08. The molecule has 0 saturated carbocycles. The van der Waals surface area contributed by atoms with Gasteiger partial charge < -0.3 is 15.9 Å². The van der Waals surface area contributed by atoms with Crippen LogP contribution in [0.1, 0.15) is 44.4 Å². The molecular formula is C13H21NO2. The highest BCUT2D eigenvalue weighted by molar-refractivity contribution is 5.45. The number of aliphatic hydroxyl groups is 1. The summed E-state index contributed by atoms with van der Waals surface area (Å²) in [5.41, 5.74) is 7.15. The summed E-state index contributed by atoms with van der Waals surface area (Å²) in [5.74, 6) is 0.218. The van der Waals surface area contributed by atoms with Crippen molar-refractivity contribution in [2.75, 3.05) is 6.61 Å². The lowest BCUT2D eigenvalue weighted by Gasteiger charge is -2.26. The van der Waals surface area contributed by atoms with Crippen molar-refractivity contribution in [2.24, 2.45) is 5.73 Å². The summed E-state index contributed by atoms with van der Waals surface area (Å²) in [5, 5.41) is 19.2. The van der Waals surface area contributed by atoms with Crippen LogP contribution in [0, 0.1) is 0 Å². The van der Waals surface area contributed by atoms with E-state index in [-0.39, 0.29) is 17.8 Å². The van der Waals surface area contributed by atoms with Crippen molar-refractivity contribution in [1.82, 2.24) is 0 Å². The average molecular weight is 223 g/mol. The Morgan fingerprint density at radius 3 is 2.50 bits per heavy atom. The van der Waals surface area contributed by atoms with E-state index in [1.807, 2.05) is 12.1 Å². The van der Waals surface area contributed by atoms with Gasteiger partial charge in [-0.2, -0.15) is 0 Å². The Balaban J connectivity index is 3.24. The number of hydrogen-bond donors (Lipinski definition) is 3. The van der Waals surface area contributed by atoms with Crippen LogP contribution in [-0.4, -0.2) is 16.8 Å². The number of nitrogens with two attached hydrogens (primary N) is 1. The van der Waals surface area contributed by atoms with Crippen molar-refractivity contribution in [1.29, 1.82) is 0 Å². The summed E-state index contributed by atoms with van der Waals surface area (Å²) < 4.78 is 0. The fourth-order valence-corrected chi connectivity index (χ4v) is 1.70. The number of para-hydroxylation sites is 1. The third kappa shape index (κ3) is 2.36. The minimum Gasteiger partial charge on any atom is -0.507 e. The third-order valence-corrected chi connectivity index (χ3v) is 3.28. The molecule has 0 amide bonds. The smallest absolute Gasteiger partial charge is 0.124 e. The molecule has 1 atom stereocenters. The minimum atomic E-state index is -0.521. The van der Waals surface area contributed by atoms with Gasteiger partial charge in [0.25, 0.3) is 0 Å². The molecule has 0 fully saturated rings. The molecule has 0 aliphatic carbocycles. The molecule has 90 valence electrons. The summed E-state index contributed by atoms with van der Waals surface area (Å²) >= 11 is 0. The van der Waals surface area contributed by atoms with Gasteiger partial charge in [0.05, 0.1) is 12.6 Å². The van der Waals surface area contributed by atoms with E-state index in [9.17, 15) is 5.11 Å². The highest BCUT2D eigenvalue weighted by atomic mass is 16.3. The quantitative estimate of drug-likeness (QED) is 0.732. The molecule has 1 aromatic carbocycles. The van der Waals surface area contributed by atoms with E-state index in [0.717, 1.165) is 12.0 Å². The second-order valence-corrected chi connectivity index (χ2v) is 4.77. The van der Waals surface area contributed by atoms with Gasteiger partial charge in [0.15, 0.2) is 0 Å². The lowest BCUT2D eigenvalue weighted by atomic mass is 9.80. The zero-order valence-electron chi connectivity index (χ0n) is 10.2. The Kier molecular flexibility index (Phi) is 3.94. The molecule has 3 heteroatoms. The molecular weight excluding hydrogens is 202 g/mol. The van der Waals surface area contributed by atoms with Crippen LogP contribution in [0.3, 0.4) is 0 Å². The first-order chi connectivity index (χ1) is 7.44. The SMILES string of the molecule is CCC(C)(C)c1cccc([C@H](N)CO)c1O. The van der Waals surface area contributed by atoms with Gasteiger partial charge in [0, 0.05) is 5.56 Å². The van der Waals surface area contributed by atoms with Crippen LogP contribution in [-0.2, 0) is 5.41 Å². The number of aromatic hydroxyl groups is 1. The number of phenolic OH excluding ortho intramolecular Hbond substituents is 1. The molecule has 0 aromatic heterocycles. The maximum absolute atomic E-state index is 10.2. The molecule has 0 heterocycles. The van der Waals surface area contributed by atoms with Crippen LogP contribution in [0.25, 0.3) is 0 Å². The molecule has 4 N–H and O–H groups in total. The molecule has 16 heavy (non-hydrogen) atoms. The molecule has 0 aliphatic heterocycles. The molecule has 0 bridgehead atoms. The molecule has 1 rings (SSSR count). The standard InChI is InChI=1S/C13H21NO2/c1-4-13(2,3)10-7-5-6-9(12(10)16)11(14)8-15/h5-7,11,15-16H,4,8,14H2,1-3H3/t11-/m1/s1. The molecule has 0 unspecified atom stereocenters. The number of rotatable bonds is 4. The van der Waals surface area contributed by atoms with Crippen LogP contribution in [0.2, 0.25) is 0 Å². The van der Waals surface area contributed by atoms with E-state index < -0.39 is 6.04 Å². The topological polar surface area (TPSA) is 66.5 Å². The molecule has 1 aromatic rings. The van der Waals surface area contributed by atoms with Crippen molar-refractivity contribution >= 4 is 0 Å². The monoisotopic (exact) mass is 223 g/mol. The van der Waals surface area contributed by atoms with Crippen LogP contribution in [0.15, 0.2) is 18.2 Å². The molecule has 0 saturated heterocycles. The summed E-state index contributed by atoms with van der Waals surface area (Å²) in [6, 6.07) is 5.02. The number of aliphatic hydroxyl groups excluding tert-OH is 1. The predicted octanol–water partition coefficient (Wildman–Crippen LogP) is 2.07. The van der Waals surface area contributed by atoms with Crippen molar-refractivity contribution in [3.05, 3.63) is 29.3 Å². The second-order valence-electron chi connectivity index (χ2n) is 4.77. The maximum Gasteiger partial charge on any atom is 0.124 e. The van der Waals surface area contributed by atoms with E-state index >= 15 is 0 Å². The van der Waals surface area contributed by atoms with Crippen LogP contribution in [0.4, 0.5) is 0 Å². The summed E-state index contributed by atoms with van der Waals surface area (Å²) in [6.07, 6.45) is 0.929. The van der Waals surface area contributed by atoms with Gasteiger partial charge in [-0.1, -0.05) is 39.0 Å². The van der Waals surface area contributed by atoms with Gasteiger partial charge in [-0.05, 0) is 17.4 Å². The lowest BCUT2D eigenvalue weighted by Crippen LogP contribution is -2.19. The zero-order chi connectivity index (χ0) is 12.3. The summed E-state index contributed by atoms with van der Waals surface area (Å²) in [7, 11) is 0. The van der Waals surface area contributed by atoms with E-state index in [4.69, 9.17) is 10.8 Å². The Bertz CT molecular complexity index is 361. The maximum atomic E-state index is 10.2. The van der Waals surface area contributed by atoms with Gasteiger partial charge in [0.1, 0.15) is 5.75 Å². The number of benzene rings is 1. The van der Waals surface area contributed by atoms with Crippen LogP contribution in [0.5, 0.6) is 5.75 Å². The van der Waals surface area contributed by atoms with E-state index in [2.05, 4.69) is 20.8 Å². The van der Waals surface area contributed by atoms with Crippen LogP contribution >= 0.6 is 0 Å². The fourth-order valence-electron chi connectivity index (χ4n) is 1.70. The normalized spacial score (nSPS) is 13.8. The molecule has 0 aliphatic rings. The highest BCUT2D eigenvalue weighted by Gasteiger charge is 2.24. The Hall–Kier alpha value is -1.06. The first kappa shape index (κ1) is 13.0. The zero-order valence-corrected chi connectivity index (χ0v) is 10.2. The van der Waals surface area contributed by atoms with Gasteiger partial charge in [-0.15, -0.1) is 0 Å². The average Bonchev–Trinajstić information content (AvgIpc) is 2.28. The van der Waals surface area contributed by atoms with Gasteiger partial charge in [0.2, 0.25) is 0 Å². The summed E-state index contributed by atoms with van der Waals surface area (Å²) in [4.78, 5) is 0.